The molecule has 1 heterocycles. The fourth-order valence-corrected chi connectivity index (χ4v) is 3.54. The van der Waals surface area contributed by atoms with Gasteiger partial charge in [-0.05, 0) is 81.0 Å². The van der Waals surface area contributed by atoms with Gasteiger partial charge in [0.05, 0.1) is 0 Å². The number of hydrogen-bond donors (Lipinski definition) is 1. The second kappa shape index (κ2) is 16.9. The van der Waals surface area contributed by atoms with Crippen LogP contribution in [0, 0.1) is 13.8 Å². The Morgan fingerprint density at radius 1 is 1.00 bits per heavy atom. The first kappa shape index (κ1) is 30.4. The molecule has 0 aliphatic heterocycles. The lowest BCUT2D eigenvalue weighted by molar-refractivity contribution is 0.783. The lowest BCUT2D eigenvalue weighted by Gasteiger charge is -2.13. The maximum atomic E-state index is 4.35. The molecule has 0 saturated carbocycles. The van der Waals surface area contributed by atoms with Crippen molar-refractivity contribution >= 4 is 5.57 Å². The van der Waals surface area contributed by atoms with Crippen molar-refractivity contribution in [2.45, 2.75) is 54.4 Å². The lowest BCUT2D eigenvalue weighted by atomic mass is 10.00. The van der Waals surface area contributed by atoms with Gasteiger partial charge in [-0.15, -0.1) is 0 Å². The molecule has 2 rings (SSSR count). The summed E-state index contributed by atoms with van der Waals surface area (Å²) in [6, 6.07) is 12.6. The molecule has 36 heavy (non-hydrogen) atoms. The van der Waals surface area contributed by atoms with Gasteiger partial charge in [0.2, 0.25) is 0 Å². The van der Waals surface area contributed by atoms with E-state index in [0.29, 0.717) is 0 Å². The summed E-state index contributed by atoms with van der Waals surface area (Å²) in [6.07, 6.45) is 16.0. The number of nitrogens with zero attached hydrogens (tertiary/aromatic N) is 1. The van der Waals surface area contributed by atoms with Crippen molar-refractivity contribution in [3.05, 3.63) is 144 Å². The smallest absolute Gasteiger partial charge is 0.0421 e. The highest BCUT2D eigenvalue weighted by molar-refractivity contribution is 5.67. The number of allylic oxidation sites excluding steroid dienone is 9. The van der Waals surface area contributed by atoms with E-state index in [1.54, 1.807) is 0 Å². The van der Waals surface area contributed by atoms with E-state index in [9.17, 15) is 0 Å². The summed E-state index contributed by atoms with van der Waals surface area (Å²) >= 11 is 0. The molecule has 1 aromatic heterocycles. The Morgan fingerprint density at radius 2 is 1.69 bits per heavy atom. The van der Waals surface area contributed by atoms with Gasteiger partial charge in [-0.1, -0.05) is 98.5 Å². The minimum absolute atomic E-state index is 0.792. The molecule has 1 N–H and O–H groups in total. The van der Waals surface area contributed by atoms with E-state index in [-0.39, 0.29) is 0 Å². The Hall–Kier alpha value is -3.65. The molecule has 0 unspecified atom stereocenters. The molecule has 0 aliphatic carbocycles. The van der Waals surface area contributed by atoms with Gasteiger partial charge in [-0.25, -0.2) is 0 Å². The largest absolute Gasteiger partial charge is 0.385 e. The summed E-state index contributed by atoms with van der Waals surface area (Å²) in [5.41, 5.74) is 10.3. The molecule has 2 heteroatoms. The molecular formula is C34H44N2. The number of hydrogen-bond acceptors (Lipinski definition) is 2. The van der Waals surface area contributed by atoms with Crippen LogP contribution in [0.5, 0.6) is 0 Å². The van der Waals surface area contributed by atoms with Crippen molar-refractivity contribution in [3.63, 3.8) is 0 Å². The van der Waals surface area contributed by atoms with Gasteiger partial charge in [0.15, 0.2) is 0 Å². The Labute approximate surface area is 220 Å². The molecule has 0 amide bonds. The average Bonchev–Trinajstić information content (AvgIpc) is 2.85. The van der Waals surface area contributed by atoms with Crippen molar-refractivity contribution in [3.8, 4) is 0 Å². The highest BCUT2D eigenvalue weighted by atomic mass is 14.9. The number of benzene rings is 1. The molecule has 0 bridgehead atoms. The van der Waals surface area contributed by atoms with Crippen LogP contribution < -0.4 is 5.32 Å². The minimum Gasteiger partial charge on any atom is -0.385 e. The van der Waals surface area contributed by atoms with E-state index >= 15 is 0 Å². The summed E-state index contributed by atoms with van der Waals surface area (Å²) in [5.74, 6) is 0. The van der Waals surface area contributed by atoms with Gasteiger partial charge in [-0.3, -0.25) is 4.98 Å². The summed E-state index contributed by atoms with van der Waals surface area (Å²) in [4.78, 5) is 4.35. The number of rotatable bonds is 11. The number of aryl methyl sites for hydroxylation is 2. The van der Waals surface area contributed by atoms with E-state index in [1.165, 1.54) is 27.8 Å². The molecule has 2 nitrogen and oxygen atoms in total. The third-order valence-corrected chi connectivity index (χ3v) is 5.58. The lowest BCUT2D eigenvalue weighted by Crippen LogP contribution is -2.18. The maximum Gasteiger partial charge on any atom is 0.0421 e. The van der Waals surface area contributed by atoms with Gasteiger partial charge in [0.25, 0.3) is 0 Å². The van der Waals surface area contributed by atoms with Crippen LogP contribution in [-0.4, -0.2) is 11.5 Å². The van der Waals surface area contributed by atoms with Gasteiger partial charge < -0.3 is 5.32 Å². The molecule has 0 saturated heterocycles. The van der Waals surface area contributed by atoms with E-state index in [2.05, 4.69) is 94.2 Å². The molecule has 0 fully saturated rings. The van der Waals surface area contributed by atoms with E-state index in [0.717, 1.165) is 41.9 Å². The van der Waals surface area contributed by atoms with Crippen molar-refractivity contribution < 1.29 is 0 Å². The number of pyridine rings is 1. The van der Waals surface area contributed by atoms with Crippen LogP contribution in [0.1, 0.15) is 56.5 Å². The zero-order chi connectivity index (χ0) is 26.9. The molecule has 2 aromatic rings. The first-order valence-electron chi connectivity index (χ1n) is 12.6. The van der Waals surface area contributed by atoms with E-state index in [4.69, 9.17) is 0 Å². The molecule has 190 valence electrons. The minimum atomic E-state index is 0.792. The van der Waals surface area contributed by atoms with Crippen molar-refractivity contribution in [1.29, 1.82) is 0 Å². The first-order chi connectivity index (χ1) is 17.2. The fraction of sp³-hybridized carbons (Fsp3) is 0.265. The van der Waals surface area contributed by atoms with Crippen LogP contribution in [-0.2, 0) is 6.42 Å². The Morgan fingerprint density at radius 3 is 2.22 bits per heavy atom. The molecule has 0 aliphatic rings. The van der Waals surface area contributed by atoms with E-state index in [1.807, 2.05) is 56.5 Å². The number of nitrogens with one attached hydrogen (secondary N) is 1. The third kappa shape index (κ3) is 11.7. The summed E-state index contributed by atoms with van der Waals surface area (Å²) in [5, 5.41) is 3.40. The van der Waals surface area contributed by atoms with Crippen molar-refractivity contribution in [1.82, 2.24) is 10.3 Å². The summed E-state index contributed by atoms with van der Waals surface area (Å²) in [6.45, 7) is 25.3. The molecule has 1 aromatic carbocycles. The van der Waals surface area contributed by atoms with Crippen LogP contribution in [0.2, 0.25) is 0 Å². The fourth-order valence-electron chi connectivity index (χ4n) is 3.54. The van der Waals surface area contributed by atoms with Crippen LogP contribution in [0.4, 0.5) is 0 Å². The van der Waals surface area contributed by atoms with Gasteiger partial charge in [0, 0.05) is 30.6 Å². The van der Waals surface area contributed by atoms with E-state index < -0.39 is 0 Å². The molecular weight excluding hydrogens is 436 g/mol. The Kier molecular flexibility index (Phi) is 14.3. The van der Waals surface area contributed by atoms with Crippen molar-refractivity contribution in [2.75, 3.05) is 6.54 Å². The SMILES string of the molecule is C=C(C)/C(=C/C=C(\C)c1cc(C)cc(C)c1)C(=C)NCCc1ccccn1.C=C/C(=C\C=C/C)CC. The first-order valence-corrected chi connectivity index (χ1v) is 12.6. The second-order valence-electron chi connectivity index (χ2n) is 8.89. The van der Waals surface area contributed by atoms with Gasteiger partial charge >= 0.3 is 0 Å². The quantitative estimate of drug-likeness (QED) is 0.324. The van der Waals surface area contributed by atoms with Crippen LogP contribution in [0.25, 0.3) is 5.57 Å². The zero-order valence-corrected chi connectivity index (χ0v) is 23.2. The molecule has 0 spiro atoms. The normalized spacial score (nSPS) is 12.1. The average molecular weight is 481 g/mol. The summed E-state index contributed by atoms with van der Waals surface area (Å²) in [7, 11) is 0. The van der Waals surface area contributed by atoms with Crippen LogP contribution in [0.3, 0.4) is 0 Å². The topological polar surface area (TPSA) is 24.9 Å². The van der Waals surface area contributed by atoms with Gasteiger partial charge in [-0.2, -0.15) is 0 Å². The monoisotopic (exact) mass is 480 g/mol. The maximum absolute atomic E-state index is 4.35. The second-order valence-corrected chi connectivity index (χ2v) is 8.89. The predicted molar refractivity (Wildman–Crippen MR) is 161 cm³/mol. The van der Waals surface area contributed by atoms with Crippen LogP contribution >= 0.6 is 0 Å². The van der Waals surface area contributed by atoms with Crippen molar-refractivity contribution in [2.24, 2.45) is 0 Å². The predicted octanol–water partition coefficient (Wildman–Crippen LogP) is 9.04. The highest BCUT2D eigenvalue weighted by Crippen LogP contribution is 2.20. The zero-order valence-electron chi connectivity index (χ0n) is 23.2. The van der Waals surface area contributed by atoms with Gasteiger partial charge in [0.1, 0.15) is 0 Å². The Balaban J connectivity index is 0.000000613. The van der Waals surface area contributed by atoms with Crippen LogP contribution in [0.15, 0.2) is 121 Å². The molecule has 0 radical (unpaired) electrons. The Bertz CT molecular complexity index is 1100. The summed E-state index contributed by atoms with van der Waals surface area (Å²) < 4.78 is 0. The number of aromatic nitrogens is 1. The third-order valence-electron chi connectivity index (χ3n) is 5.58. The highest BCUT2D eigenvalue weighted by Gasteiger charge is 2.04. The standard InChI is InChI=1S/C25H30N2.C9H14/c1-18(2)25(22(6)26-14-12-24-9-7-8-13-27-24)11-10-21(5)23-16-19(3)15-20(4)17-23;1-4-7-8-9(5-2)6-3/h7-11,13,15-17,26H,1,6,12,14H2,2-5H3;4-5,7-8H,2,6H2,1,3H3/b21-10+,25-11-;7-4-,9-8+. The molecule has 0 atom stereocenters.